The lowest BCUT2D eigenvalue weighted by Crippen LogP contribution is -2.47. The predicted molar refractivity (Wildman–Crippen MR) is 66.8 cm³/mol. The third kappa shape index (κ3) is 1.43. The standard InChI is InChI=1S/C15H17NO2/c16-11-14(7-9-18-10-8-14)15(17)6-5-12-3-1-2-4-13(12)15/h1-4,17H,5-10H2. The fraction of sp³-hybridized carbons (Fsp3) is 0.533. The molecule has 0 radical (unpaired) electrons. The number of aliphatic hydroxyl groups is 1. The SMILES string of the molecule is N#CC1(C2(O)CCc3ccccc32)CCOCC1. The van der Waals surface area contributed by atoms with Gasteiger partial charge in [-0.25, -0.2) is 0 Å². The summed E-state index contributed by atoms with van der Waals surface area (Å²) in [5.74, 6) is 0. The summed E-state index contributed by atoms with van der Waals surface area (Å²) < 4.78 is 5.36. The first-order chi connectivity index (χ1) is 8.72. The number of aryl methyl sites for hydroxylation is 1. The van der Waals surface area contributed by atoms with Crippen molar-refractivity contribution in [1.82, 2.24) is 0 Å². The number of benzene rings is 1. The molecule has 1 aliphatic heterocycles. The molecule has 1 unspecified atom stereocenters. The second-order valence-corrected chi connectivity index (χ2v) is 5.32. The summed E-state index contributed by atoms with van der Waals surface area (Å²) in [5, 5.41) is 20.8. The highest BCUT2D eigenvalue weighted by Crippen LogP contribution is 2.53. The Labute approximate surface area is 107 Å². The van der Waals surface area contributed by atoms with Crippen molar-refractivity contribution in [3.63, 3.8) is 0 Å². The molecule has 2 aliphatic rings. The van der Waals surface area contributed by atoms with Crippen LogP contribution in [0.25, 0.3) is 0 Å². The molecule has 0 bridgehead atoms. The molecule has 18 heavy (non-hydrogen) atoms. The van der Waals surface area contributed by atoms with Gasteiger partial charge in [-0.3, -0.25) is 0 Å². The lowest BCUT2D eigenvalue weighted by atomic mass is 9.65. The molecule has 1 saturated heterocycles. The van der Waals surface area contributed by atoms with E-state index in [1.165, 1.54) is 5.56 Å². The Morgan fingerprint density at radius 1 is 1.17 bits per heavy atom. The Hall–Kier alpha value is -1.37. The first-order valence-electron chi connectivity index (χ1n) is 6.52. The molecule has 1 heterocycles. The molecule has 0 saturated carbocycles. The lowest BCUT2D eigenvalue weighted by Gasteiger charge is -2.43. The monoisotopic (exact) mass is 243 g/mol. The minimum absolute atomic E-state index is 0.567. The average Bonchev–Trinajstić information content (AvgIpc) is 2.79. The number of hydrogen-bond donors (Lipinski definition) is 1. The van der Waals surface area contributed by atoms with E-state index in [2.05, 4.69) is 12.1 Å². The van der Waals surface area contributed by atoms with Crippen LogP contribution < -0.4 is 0 Å². The van der Waals surface area contributed by atoms with Crippen molar-refractivity contribution >= 4 is 0 Å². The van der Waals surface area contributed by atoms with Gasteiger partial charge in [0.2, 0.25) is 0 Å². The van der Waals surface area contributed by atoms with Crippen LogP contribution in [0.5, 0.6) is 0 Å². The molecule has 0 aromatic heterocycles. The first kappa shape index (κ1) is 11.7. The summed E-state index contributed by atoms with van der Waals surface area (Å²) in [6.45, 7) is 1.13. The van der Waals surface area contributed by atoms with Crippen LogP contribution in [-0.2, 0) is 16.8 Å². The summed E-state index contributed by atoms with van der Waals surface area (Å²) in [6, 6.07) is 10.4. The fourth-order valence-corrected chi connectivity index (χ4v) is 3.43. The van der Waals surface area contributed by atoms with Crippen LogP contribution in [0, 0.1) is 16.7 Å². The van der Waals surface area contributed by atoms with Crippen LogP contribution in [0.1, 0.15) is 30.4 Å². The van der Waals surface area contributed by atoms with Crippen molar-refractivity contribution in [2.75, 3.05) is 13.2 Å². The molecule has 0 amide bonds. The fourth-order valence-electron chi connectivity index (χ4n) is 3.43. The molecule has 3 heteroatoms. The van der Waals surface area contributed by atoms with Crippen molar-refractivity contribution in [2.45, 2.75) is 31.3 Å². The number of hydrogen-bond acceptors (Lipinski definition) is 3. The van der Waals surface area contributed by atoms with Gasteiger partial charge in [0.15, 0.2) is 0 Å². The zero-order valence-electron chi connectivity index (χ0n) is 10.4. The highest BCUT2D eigenvalue weighted by molar-refractivity contribution is 5.41. The van der Waals surface area contributed by atoms with Gasteiger partial charge < -0.3 is 9.84 Å². The van der Waals surface area contributed by atoms with E-state index in [1.807, 2.05) is 18.2 Å². The molecule has 1 atom stereocenters. The van der Waals surface area contributed by atoms with Gasteiger partial charge in [0.05, 0.1) is 11.5 Å². The third-order valence-electron chi connectivity index (χ3n) is 4.57. The number of ether oxygens (including phenoxy) is 1. The number of nitrogens with zero attached hydrogens (tertiary/aromatic N) is 1. The van der Waals surface area contributed by atoms with E-state index in [0.29, 0.717) is 32.5 Å². The van der Waals surface area contributed by atoms with Crippen molar-refractivity contribution in [1.29, 1.82) is 5.26 Å². The lowest BCUT2D eigenvalue weighted by molar-refractivity contribution is -0.108. The van der Waals surface area contributed by atoms with Crippen molar-refractivity contribution in [3.05, 3.63) is 35.4 Å². The second-order valence-electron chi connectivity index (χ2n) is 5.32. The van der Waals surface area contributed by atoms with Gasteiger partial charge in [0.25, 0.3) is 0 Å². The molecule has 3 nitrogen and oxygen atoms in total. The van der Waals surface area contributed by atoms with Gasteiger partial charge in [-0.15, -0.1) is 0 Å². The highest BCUT2D eigenvalue weighted by Gasteiger charge is 2.55. The molecule has 1 aromatic carbocycles. The molecule has 3 rings (SSSR count). The van der Waals surface area contributed by atoms with E-state index in [9.17, 15) is 10.4 Å². The minimum Gasteiger partial charge on any atom is -0.383 e. The van der Waals surface area contributed by atoms with Crippen LogP contribution in [0.3, 0.4) is 0 Å². The second kappa shape index (κ2) is 4.08. The van der Waals surface area contributed by atoms with Gasteiger partial charge in [-0.1, -0.05) is 24.3 Å². The molecule has 0 spiro atoms. The summed E-state index contributed by atoms with van der Waals surface area (Å²) in [7, 11) is 0. The molecular formula is C15H17NO2. The van der Waals surface area contributed by atoms with Crippen LogP contribution in [0.15, 0.2) is 24.3 Å². The third-order valence-corrected chi connectivity index (χ3v) is 4.57. The largest absolute Gasteiger partial charge is 0.383 e. The van der Waals surface area contributed by atoms with Crippen molar-refractivity contribution < 1.29 is 9.84 Å². The van der Waals surface area contributed by atoms with Crippen molar-refractivity contribution in [3.8, 4) is 6.07 Å². The Balaban J connectivity index is 2.08. The Morgan fingerprint density at radius 3 is 2.61 bits per heavy atom. The van der Waals surface area contributed by atoms with Gasteiger partial charge in [0.1, 0.15) is 5.60 Å². The maximum Gasteiger partial charge on any atom is 0.109 e. The average molecular weight is 243 g/mol. The number of rotatable bonds is 1. The van der Waals surface area contributed by atoms with Gasteiger partial charge in [0, 0.05) is 13.2 Å². The Bertz CT molecular complexity index is 499. The van der Waals surface area contributed by atoms with Crippen LogP contribution in [0.4, 0.5) is 0 Å². The molecule has 94 valence electrons. The van der Waals surface area contributed by atoms with Crippen LogP contribution in [0.2, 0.25) is 0 Å². The molecule has 1 N–H and O–H groups in total. The predicted octanol–water partition coefficient (Wildman–Crippen LogP) is 2.14. The summed E-state index contributed by atoms with van der Waals surface area (Å²) in [5.41, 5.74) is 0.453. The topological polar surface area (TPSA) is 53.2 Å². The zero-order chi connectivity index (χ0) is 12.6. The van der Waals surface area contributed by atoms with E-state index < -0.39 is 11.0 Å². The van der Waals surface area contributed by atoms with Gasteiger partial charge >= 0.3 is 0 Å². The number of fused-ring (bicyclic) bond motifs is 1. The summed E-state index contributed by atoms with van der Waals surface area (Å²) in [4.78, 5) is 0. The van der Waals surface area contributed by atoms with E-state index in [-0.39, 0.29) is 0 Å². The minimum atomic E-state index is -0.998. The van der Waals surface area contributed by atoms with E-state index in [1.54, 1.807) is 0 Å². The molecule has 1 aliphatic carbocycles. The van der Waals surface area contributed by atoms with E-state index in [4.69, 9.17) is 4.74 Å². The normalized spacial score (nSPS) is 29.6. The van der Waals surface area contributed by atoms with Crippen molar-refractivity contribution in [2.24, 2.45) is 5.41 Å². The summed E-state index contributed by atoms with van der Waals surface area (Å²) >= 11 is 0. The first-order valence-corrected chi connectivity index (χ1v) is 6.52. The van der Waals surface area contributed by atoms with E-state index in [0.717, 1.165) is 12.0 Å². The molecular weight excluding hydrogens is 226 g/mol. The van der Waals surface area contributed by atoms with Gasteiger partial charge in [-0.2, -0.15) is 5.26 Å². The quantitative estimate of drug-likeness (QED) is 0.822. The Morgan fingerprint density at radius 2 is 1.89 bits per heavy atom. The van der Waals surface area contributed by atoms with Crippen LogP contribution in [-0.4, -0.2) is 18.3 Å². The number of nitriles is 1. The zero-order valence-corrected chi connectivity index (χ0v) is 10.4. The maximum atomic E-state index is 11.1. The smallest absolute Gasteiger partial charge is 0.109 e. The Kier molecular flexibility index (Phi) is 2.65. The van der Waals surface area contributed by atoms with E-state index >= 15 is 0 Å². The molecule has 1 fully saturated rings. The maximum absolute atomic E-state index is 11.1. The van der Waals surface area contributed by atoms with Crippen LogP contribution >= 0.6 is 0 Å². The highest BCUT2D eigenvalue weighted by atomic mass is 16.5. The van der Waals surface area contributed by atoms with Gasteiger partial charge in [-0.05, 0) is 36.8 Å². The molecule has 1 aromatic rings. The summed E-state index contributed by atoms with van der Waals surface area (Å²) in [6.07, 6.45) is 2.75.